The summed E-state index contributed by atoms with van der Waals surface area (Å²) in [5, 5.41) is 144. The average Bonchev–Trinajstić information content (AvgIpc) is 3.42. The van der Waals surface area contributed by atoms with E-state index < -0.39 is 97.2 Å². The molecular formula is C66H103NO16. The van der Waals surface area contributed by atoms with Crippen LogP contribution in [0.3, 0.4) is 0 Å². The van der Waals surface area contributed by atoms with Crippen LogP contribution in [-0.2, 0) is 9.59 Å². The lowest BCUT2D eigenvalue weighted by atomic mass is 9.88. The van der Waals surface area contributed by atoms with Gasteiger partial charge in [-0.25, -0.2) is 4.79 Å². The quantitative estimate of drug-likeness (QED) is 0.0139. The number of aliphatic hydroxyl groups is 13. The van der Waals surface area contributed by atoms with Gasteiger partial charge in [-0.05, 0) is 90.5 Å². The van der Waals surface area contributed by atoms with Gasteiger partial charge in [0.1, 0.15) is 5.78 Å². The van der Waals surface area contributed by atoms with Gasteiger partial charge >= 0.3 is 5.97 Å². The van der Waals surface area contributed by atoms with Gasteiger partial charge < -0.3 is 77.2 Å². The molecule has 0 aliphatic carbocycles. The van der Waals surface area contributed by atoms with E-state index >= 15 is 0 Å². The summed E-state index contributed by atoms with van der Waals surface area (Å²) in [5.41, 5.74) is 5.69. The first kappa shape index (κ1) is 77.9. The smallest absolute Gasteiger partial charge is 0.331 e. The largest absolute Gasteiger partial charge is 0.478 e. The third kappa shape index (κ3) is 44.1. The van der Waals surface area contributed by atoms with Gasteiger partial charge in [0.05, 0.1) is 79.4 Å². The third-order valence-corrected chi connectivity index (χ3v) is 13.4. The number of ketones is 1. The molecule has 0 saturated carbocycles. The predicted molar refractivity (Wildman–Crippen MR) is 329 cm³/mol. The van der Waals surface area contributed by atoms with Crippen molar-refractivity contribution in [3.05, 3.63) is 170 Å². The first-order valence-corrected chi connectivity index (χ1v) is 29.1. The van der Waals surface area contributed by atoms with Crippen molar-refractivity contribution in [2.45, 2.75) is 203 Å². The SMILES string of the molecule is C\C(=C/C=C/C=C/C=C/C=C/CC/C=C/C(C)C(O)C(C)C(O)/C=C/C=C/C=C/C=C/C=C/CC(O)C(C)C(=O)CC(O)CC(O)CC(O)/C=C/CC(O)CC(O)CC(O)CC(O)/C=C/CC(O)/C=C/CC(O)CC(O)CCCN)C(=O)O. The number of Topliss-reactive ketones (excluding diaryl/α,β-unsaturated/α-hetero) is 1. The van der Waals surface area contributed by atoms with Gasteiger partial charge in [0.2, 0.25) is 0 Å². The topological polar surface area (TPSA) is 343 Å². The van der Waals surface area contributed by atoms with Crippen LogP contribution >= 0.6 is 0 Å². The number of carboxylic acids is 1. The molecule has 83 heavy (non-hydrogen) atoms. The maximum Gasteiger partial charge on any atom is 0.331 e. The van der Waals surface area contributed by atoms with Crippen molar-refractivity contribution in [1.82, 2.24) is 0 Å². The van der Waals surface area contributed by atoms with Crippen molar-refractivity contribution in [2.24, 2.45) is 23.5 Å². The maximum absolute atomic E-state index is 12.8. The molecular weight excluding hydrogens is 1060 g/mol. The van der Waals surface area contributed by atoms with Crippen LogP contribution in [0.1, 0.15) is 124 Å². The molecule has 468 valence electrons. The number of hydrogen-bond acceptors (Lipinski definition) is 16. The molecule has 0 bridgehead atoms. The fourth-order valence-electron chi connectivity index (χ4n) is 8.18. The lowest BCUT2D eigenvalue weighted by Gasteiger charge is -2.25. The van der Waals surface area contributed by atoms with Crippen LogP contribution in [0, 0.1) is 17.8 Å². The summed E-state index contributed by atoms with van der Waals surface area (Å²) in [6.07, 6.45) is 36.9. The number of nitrogens with two attached hydrogens (primary N) is 1. The highest BCUT2D eigenvalue weighted by Crippen LogP contribution is 2.20. The van der Waals surface area contributed by atoms with Crippen LogP contribution in [0.15, 0.2) is 170 Å². The standard InChI is InChI=1S/C66H103NO16/c1-48(29-21-17-13-9-6-5-7-10-14-18-22-30-49(2)66(82)83)65(81)51(4)63(79)39-24-20-16-12-8-11-15-19-23-38-62(78)50(3)64(80)47-61(77)46-60(76)44-56(72)36-27-35-55(71)43-59(75)45-58(74)42-54(70)34-26-32-52(68)31-25-33-53(69)41-57(73)37-28-40-67/h5-12,14-16,18-27,29-31,34,36,39,48,50-63,65,68-79,81H,13,17,28,32-33,35,37-38,40-47,67H2,1-4H3,(H,82,83)/b7-5+,9-6+,12-8+,14-10+,15-11+,20-16+,22-18+,23-19+,29-21+,31-25+,34-26+,36-27+,39-24+,49-30+. The van der Waals surface area contributed by atoms with E-state index in [-0.39, 0.29) is 87.9 Å². The van der Waals surface area contributed by atoms with E-state index in [2.05, 4.69) is 0 Å². The second-order valence-corrected chi connectivity index (χ2v) is 21.3. The molecule has 0 aromatic heterocycles. The highest BCUT2D eigenvalue weighted by molar-refractivity contribution is 5.86. The number of allylic oxidation sites excluding steroid dienone is 18. The fraction of sp³-hybridized carbons (Fsp3) is 0.545. The number of carbonyl (C=O) groups excluding carboxylic acids is 1. The molecule has 0 amide bonds. The summed E-state index contributed by atoms with van der Waals surface area (Å²) in [7, 11) is 0. The van der Waals surface area contributed by atoms with Crippen LogP contribution in [0.2, 0.25) is 0 Å². The Morgan fingerprint density at radius 2 is 0.880 bits per heavy atom. The Morgan fingerprint density at radius 1 is 0.434 bits per heavy atom. The normalized spacial score (nSPS) is 19.5. The molecule has 0 spiro atoms. The number of unbranched alkanes of at least 4 members (excludes halogenated alkanes) is 1. The van der Waals surface area contributed by atoms with Crippen LogP contribution in [-0.4, -0.2) is 169 Å². The van der Waals surface area contributed by atoms with Gasteiger partial charge in [-0.2, -0.15) is 0 Å². The van der Waals surface area contributed by atoms with Crippen molar-refractivity contribution in [2.75, 3.05) is 6.54 Å². The van der Waals surface area contributed by atoms with Gasteiger partial charge in [0.15, 0.2) is 0 Å². The van der Waals surface area contributed by atoms with Gasteiger partial charge in [-0.3, -0.25) is 4.79 Å². The van der Waals surface area contributed by atoms with Crippen molar-refractivity contribution in [3.8, 4) is 0 Å². The minimum absolute atomic E-state index is 0.0526. The molecule has 0 aromatic carbocycles. The summed E-state index contributed by atoms with van der Waals surface area (Å²) in [6, 6.07) is 0. The molecule has 16 N–H and O–H groups in total. The van der Waals surface area contributed by atoms with Crippen molar-refractivity contribution in [1.29, 1.82) is 0 Å². The molecule has 0 aromatic rings. The van der Waals surface area contributed by atoms with Crippen molar-refractivity contribution < 1.29 is 81.1 Å². The Morgan fingerprint density at radius 3 is 1.43 bits per heavy atom. The molecule has 0 fully saturated rings. The van der Waals surface area contributed by atoms with E-state index in [0.29, 0.717) is 19.4 Å². The first-order valence-electron chi connectivity index (χ1n) is 29.1. The highest BCUT2D eigenvalue weighted by atomic mass is 16.4. The van der Waals surface area contributed by atoms with Crippen LogP contribution in [0.5, 0.6) is 0 Å². The van der Waals surface area contributed by atoms with E-state index in [9.17, 15) is 76.0 Å². The van der Waals surface area contributed by atoms with E-state index in [0.717, 1.165) is 12.8 Å². The molecule has 0 radical (unpaired) electrons. The zero-order chi connectivity index (χ0) is 62.4. The molecule has 0 saturated heterocycles. The minimum atomic E-state index is -1.21. The summed E-state index contributed by atoms with van der Waals surface area (Å²) < 4.78 is 0. The molecule has 16 unspecified atom stereocenters. The zero-order valence-corrected chi connectivity index (χ0v) is 49.3. The van der Waals surface area contributed by atoms with Gasteiger partial charge in [-0.15, -0.1) is 0 Å². The van der Waals surface area contributed by atoms with E-state index in [1.807, 2.05) is 55.5 Å². The summed E-state index contributed by atoms with van der Waals surface area (Å²) in [5.74, 6) is -2.66. The lowest BCUT2D eigenvalue weighted by Crippen LogP contribution is -2.32. The molecule has 16 atom stereocenters. The zero-order valence-electron chi connectivity index (χ0n) is 49.3. The number of hydrogen-bond donors (Lipinski definition) is 15. The molecule has 0 aliphatic rings. The predicted octanol–water partition coefficient (Wildman–Crippen LogP) is 6.23. The molecule has 17 nitrogen and oxygen atoms in total. The number of aliphatic hydroxyl groups excluding tert-OH is 13. The number of carboxylic acid groups (broad SMARTS) is 1. The van der Waals surface area contributed by atoms with Crippen LogP contribution in [0.25, 0.3) is 0 Å². The molecule has 17 heteroatoms. The number of aliphatic carboxylic acids is 1. The summed E-state index contributed by atoms with van der Waals surface area (Å²) in [4.78, 5) is 23.6. The average molecular weight is 1170 g/mol. The van der Waals surface area contributed by atoms with E-state index in [1.54, 1.807) is 98.9 Å². The van der Waals surface area contributed by atoms with Crippen molar-refractivity contribution >= 4 is 11.8 Å². The Bertz CT molecular complexity index is 2150. The minimum Gasteiger partial charge on any atom is -0.478 e. The summed E-state index contributed by atoms with van der Waals surface area (Å²) in [6.45, 7) is 7.27. The molecule has 0 heterocycles. The lowest BCUT2D eigenvalue weighted by molar-refractivity contribution is -0.132. The van der Waals surface area contributed by atoms with E-state index in [1.165, 1.54) is 37.3 Å². The van der Waals surface area contributed by atoms with Crippen molar-refractivity contribution in [3.63, 3.8) is 0 Å². The maximum atomic E-state index is 12.8. The number of rotatable bonds is 47. The van der Waals surface area contributed by atoms with Crippen LogP contribution in [0.4, 0.5) is 0 Å². The molecule has 0 aliphatic heterocycles. The van der Waals surface area contributed by atoms with Gasteiger partial charge in [0, 0.05) is 42.6 Å². The Labute approximate surface area is 494 Å². The van der Waals surface area contributed by atoms with E-state index in [4.69, 9.17) is 10.8 Å². The van der Waals surface area contributed by atoms with Gasteiger partial charge in [-0.1, -0.05) is 185 Å². The third-order valence-electron chi connectivity index (χ3n) is 13.4. The Balaban J connectivity index is 4.51. The fourth-order valence-corrected chi connectivity index (χ4v) is 8.18. The highest BCUT2D eigenvalue weighted by Gasteiger charge is 2.26. The second-order valence-electron chi connectivity index (χ2n) is 21.3. The Kier molecular flexibility index (Phi) is 46.2. The molecule has 0 rings (SSSR count). The second kappa shape index (κ2) is 49.2. The first-order chi connectivity index (χ1) is 39.5. The van der Waals surface area contributed by atoms with Gasteiger partial charge in [0.25, 0.3) is 0 Å². The van der Waals surface area contributed by atoms with Crippen LogP contribution < -0.4 is 5.73 Å². The number of carbonyl (C=O) groups is 2. The monoisotopic (exact) mass is 1170 g/mol. The summed E-state index contributed by atoms with van der Waals surface area (Å²) >= 11 is 0. The Hall–Kier alpha value is -5.06.